The van der Waals surface area contributed by atoms with E-state index in [9.17, 15) is 148 Å². The van der Waals surface area contributed by atoms with Crippen molar-refractivity contribution in [1.29, 1.82) is 0 Å². The molecule has 1 unspecified atom stereocenters. The minimum atomic E-state index is -2.43. The van der Waals surface area contributed by atoms with Gasteiger partial charge in [-0.3, -0.25) is 0 Å². The predicted octanol–water partition coefficient (Wildman–Crippen LogP) is -20.6. The lowest BCUT2D eigenvalue weighted by molar-refractivity contribution is -0.403. The molecule has 0 aliphatic carbocycles. The van der Waals surface area contributed by atoms with Crippen LogP contribution < -0.4 is 0 Å². The molecule has 0 aromatic heterocycles. The third-order valence-electron chi connectivity index (χ3n) is 18.8. The van der Waals surface area contributed by atoms with Gasteiger partial charge in [0.15, 0.2) is 56.6 Å². The Balaban J connectivity index is 0.883. The fraction of sp³-hybridized carbons (Fsp3) is 1.00. The van der Waals surface area contributed by atoms with Crippen molar-refractivity contribution in [3.63, 3.8) is 0 Å². The molecular weight excluding hydrogens is 1380 g/mol. The van der Waals surface area contributed by atoms with E-state index in [4.69, 9.17) is 80.5 Å². The van der Waals surface area contributed by atoms with E-state index in [0.717, 1.165) is 0 Å². The fourth-order valence-corrected chi connectivity index (χ4v) is 12.9. The molecule has 29 N–H and O–H groups in total. The largest absolute Gasteiger partial charge is 0.394 e. The zero-order valence-electron chi connectivity index (χ0n) is 52.3. The maximum Gasteiger partial charge on any atom is 0.187 e. The third-order valence-corrected chi connectivity index (χ3v) is 18.8. The van der Waals surface area contributed by atoms with Crippen LogP contribution in [0.25, 0.3) is 0 Å². The van der Waals surface area contributed by atoms with E-state index in [1.165, 1.54) is 0 Å². The molecule has 0 bridgehead atoms. The van der Waals surface area contributed by atoms with Crippen LogP contribution in [0.5, 0.6) is 0 Å². The molecule has 100 heavy (non-hydrogen) atoms. The van der Waals surface area contributed by atoms with Gasteiger partial charge in [-0.2, -0.15) is 0 Å². The van der Waals surface area contributed by atoms with Gasteiger partial charge in [0.25, 0.3) is 0 Å². The summed E-state index contributed by atoms with van der Waals surface area (Å²) < 4.78 is 95.1. The summed E-state index contributed by atoms with van der Waals surface area (Å²) in [5.41, 5.74) is 0. The molecule has 9 saturated heterocycles. The Kier molecular flexibility index (Phi) is 29.2. The first-order chi connectivity index (χ1) is 47.5. The normalized spacial score (nSPS) is 53.7. The number of ether oxygens (including phenoxy) is 17. The molecule has 584 valence electrons. The van der Waals surface area contributed by atoms with Gasteiger partial charge in [0, 0.05) is 0 Å². The lowest BCUT2D eigenvalue weighted by Crippen LogP contribution is -2.69. The van der Waals surface area contributed by atoms with Crippen LogP contribution in [-0.2, 0) is 80.5 Å². The molecule has 46 heteroatoms. The van der Waals surface area contributed by atoms with Crippen molar-refractivity contribution < 1.29 is 229 Å². The number of aliphatic hydroxyl groups excluding tert-OH is 29. The SMILES string of the molecule is OC[C@H]1O[C@H](O[C@@H]2[C@@H](O)[C@@H](O[C@@H]3[C@@H](O)[C@@H](O[C@@H]4[C@@H](O)[C@@H](O[C@@H]5[C@@H](O)[C@@H](O[C@@H]6[C@@H](O)[C@@H](O[C@@H]7[C@@H](O)[C@@H](O[C@@H]8[C@@H](O)[C@@H](O[C@H]9[C@H](O)[C@@H](CO)OC(O)[C@@H]9O)O[C@H](CO)[C@H]8O)O[C@H](CO)[C@H]7O)O[C@H](CO)[C@H]6O)O[C@H](CO)[C@H]5O)O[C@H](CO)[C@H]4O)O[C@H](CO)[C@H]3O)O[C@H](CO)[C@H]2O)[C@H](O)[C@@H](O)[C@@H]1O. The first kappa shape index (κ1) is 82.2. The molecule has 9 fully saturated rings. The Morgan fingerprint density at radius 3 is 0.460 bits per heavy atom. The second kappa shape index (κ2) is 35.5. The smallest absolute Gasteiger partial charge is 0.187 e. The minimum absolute atomic E-state index is 0.907. The van der Waals surface area contributed by atoms with E-state index < -0.39 is 336 Å². The number of rotatable bonds is 25. The predicted molar refractivity (Wildman–Crippen MR) is 297 cm³/mol. The van der Waals surface area contributed by atoms with Crippen molar-refractivity contribution in [2.45, 2.75) is 276 Å². The monoisotopic (exact) mass is 1480 g/mol. The lowest BCUT2D eigenvalue weighted by atomic mass is 9.95. The van der Waals surface area contributed by atoms with Gasteiger partial charge in [0.1, 0.15) is 220 Å². The molecule has 9 aliphatic rings. The van der Waals surface area contributed by atoms with Crippen LogP contribution in [0.3, 0.4) is 0 Å². The topological polar surface area (TPSA) is 744 Å². The van der Waals surface area contributed by atoms with Crippen LogP contribution >= 0.6 is 0 Å². The second-order valence-corrected chi connectivity index (χ2v) is 25.2. The number of hydrogen-bond donors (Lipinski definition) is 29. The summed E-state index contributed by atoms with van der Waals surface area (Å²) in [6, 6.07) is 0. The van der Waals surface area contributed by atoms with Gasteiger partial charge in [-0.1, -0.05) is 0 Å². The van der Waals surface area contributed by atoms with E-state index >= 15 is 0 Å². The molecule has 0 amide bonds. The summed E-state index contributed by atoms with van der Waals surface area (Å²) in [4.78, 5) is 0. The van der Waals surface area contributed by atoms with Gasteiger partial charge in [0.05, 0.1) is 59.5 Å². The summed E-state index contributed by atoms with van der Waals surface area (Å²) in [5.74, 6) is 0. The van der Waals surface area contributed by atoms with Gasteiger partial charge in [0.2, 0.25) is 0 Å². The number of aliphatic hydroxyl groups is 29. The highest BCUT2D eigenvalue weighted by molar-refractivity contribution is 5.03. The van der Waals surface area contributed by atoms with Crippen molar-refractivity contribution in [2.75, 3.05) is 59.5 Å². The molecule has 0 saturated carbocycles. The molecule has 0 aromatic rings. The highest BCUT2D eigenvalue weighted by Gasteiger charge is 2.61. The Hall–Kier alpha value is -1.84. The molecule has 0 radical (unpaired) electrons. The first-order valence-corrected chi connectivity index (χ1v) is 31.7. The molecule has 46 nitrogen and oxygen atoms in total. The van der Waals surface area contributed by atoms with Crippen LogP contribution in [0, 0.1) is 0 Å². The zero-order chi connectivity index (χ0) is 73.4. The average Bonchev–Trinajstić information content (AvgIpc) is 0.751. The van der Waals surface area contributed by atoms with Gasteiger partial charge in [-0.15, -0.1) is 0 Å². The standard InChI is InChI=1S/C54H92O46/c55-1-10-19(64)28(73)29(74)47(85-10)94-39-21(66)12(3-57)87-49(31(39)76)96-41-23(68)14(5-59)89-51(33(41)78)98-43-25(70)16(7-61)91-53(35(43)80)100-45-27(72)18(9-63)92-54(37(45)82)99-44-26(71)17(8-62)90-52(36(44)81)97-42-24(69)15(6-60)88-50(34(42)79)95-40-22(67)13(4-58)86-48(32(40)77)93-38-20(65)11(2-56)84-46(83)30(38)75/h10-83H,1-9H2/t10-,11-,12-,13-,14-,15-,16-,17-,18-,19-,20-,21-,22-,23-,24-,25-,26-,27-,28+,29-,30-,31-,32-,33-,34-,35-,36-,37-,38+,39+,40+,41+,42+,43+,44+,45+,46?,47-,48-,49-,50-,51-,52-,53-,54-/m1/s1. The quantitative estimate of drug-likeness (QED) is 0.0404. The molecule has 45 atom stereocenters. The Morgan fingerprint density at radius 1 is 0.150 bits per heavy atom. The third kappa shape index (κ3) is 16.7. The van der Waals surface area contributed by atoms with Crippen LogP contribution in [0.15, 0.2) is 0 Å². The molecule has 0 aromatic carbocycles. The van der Waals surface area contributed by atoms with E-state index in [0.29, 0.717) is 0 Å². The average molecular weight is 1480 g/mol. The van der Waals surface area contributed by atoms with Crippen LogP contribution in [0.2, 0.25) is 0 Å². The summed E-state index contributed by atoms with van der Waals surface area (Å²) in [6.45, 7) is -9.62. The molecule has 9 rings (SSSR count). The van der Waals surface area contributed by atoms with E-state index in [1.54, 1.807) is 0 Å². The molecular formula is C54H92O46. The maximum atomic E-state index is 11.9. The van der Waals surface area contributed by atoms with Crippen molar-refractivity contribution in [3.05, 3.63) is 0 Å². The van der Waals surface area contributed by atoms with Gasteiger partial charge in [-0.25, -0.2) is 0 Å². The summed E-state index contributed by atoms with van der Waals surface area (Å²) in [7, 11) is 0. The van der Waals surface area contributed by atoms with Crippen molar-refractivity contribution in [1.82, 2.24) is 0 Å². The Labute approximate surface area is 563 Å². The first-order valence-electron chi connectivity index (χ1n) is 31.7. The van der Waals surface area contributed by atoms with Crippen LogP contribution in [0.1, 0.15) is 0 Å². The molecule has 9 heterocycles. The molecule has 9 aliphatic heterocycles. The Bertz CT molecular complexity index is 2460. The van der Waals surface area contributed by atoms with Crippen molar-refractivity contribution in [2.24, 2.45) is 0 Å². The minimum Gasteiger partial charge on any atom is -0.394 e. The second-order valence-electron chi connectivity index (χ2n) is 25.2. The summed E-state index contributed by atoms with van der Waals surface area (Å²) in [6.07, 6.45) is -93.9. The van der Waals surface area contributed by atoms with Crippen molar-refractivity contribution in [3.8, 4) is 0 Å². The molecule has 0 spiro atoms. The van der Waals surface area contributed by atoms with Gasteiger partial charge in [-0.05, 0) is 0 Å². The van der Waals surface area contributed by atoms with Crippen molar-refractivity contribution >= 4 is 0 Å². The lowest BCUT2D eigenvalue weighted by Gasteiger charge is -2.50. The van der Waals surface area contributed by atoms with E-state index in [2.05, 4.69) is 0 Å². The van der Waals surface area contributed by atoms with E-state index in [-0.39, 0.29) is 0 Å². The summed E-state index contributed by atoms with van der Waals surface area (Å²) in [5, 5.41) is 315. The fourth-order valence-electron chi connectivity index (χ4n) is 12.9. The highest BCUT2D eigenvalue weighted by atomic mass is 16.8. The van der Waals surface area contributed by atoms with E-state index in [1.807, 2.05) is 0 Å². The van der Waals surface area contributed by atoms with Crippen LogP contribution in [-0.4, -0.2) is 484 Å². The summed E-state index contributed by atoms with van der Waals surface area (Å²) >= 11 is 0. The highest BCUT2D eigenvalue weighted by Crippen LogP contribution is 2.40. The number of hydrogen-bond acceptors (Lipinski definition) is 46. The van der Waals surface area contributed by atoms with Crippen LogP contribution in [0.4, 0.5) is 0 Å². The Morgan fingerprint density at radius 2 is 0.290 bits per heavy atom. The zero-order valence-corrected chi connectivity index (χ0v) is 52.3. The van der Waals surface area contributed by atoms with Gasteiger partial charge >= 0.3 is 0 Å². The maximum absolute atomic E-state index is 11.9. The van der Waals surface area contributed by atoms with Gasteiger partial charge < -0.3 is 229 Å².